The number of oxazole rings is 1. The smallest absolute Gasteiger partial charge is 0.335 e. The highest BCUT2D eigenvalue weighted by Crippen LogP contribution is 2.37. The van der Waals surface area contributed by atoms with Crippen LogP contribution in [0, 0.1) is 29.6 Å². The summed E-state index contributed by atoms with van der Waals surface area (Å²) < 4.78 is 11.2. The van der Waals surface area contributed by atoms with E-state index >= 15 is 0 Å². The van der Waals surface area contributed by atoms with Gasteiger partial charge in [0.15, 0.2) is 0 Å². The van der Waals surface area contributed by atoms with Crippen LogP contribution in [-0.2, 0) is 5.75 Å². The van der Waals surface area contributed by atoms with Gasteiger partial charge in [-0.05, 0) is 48.9 Å². The van der Waals surface area contributed by atoms with Crippen LogP contribution >= 0.6 is 11.8 Å². The number of anilines is 1. The van der Waals surface area contributed by atoms with E-state index in [0.29, 0.717) is 44.8 Å². The fraction of sp³-hybridized carbons (Fsp3) is 0.179. The average Bonchev–Trinajstić information content (AvgIpc) is 3.34. The molecule has 1 atom stereocenters. The minimum atomic E-state index is -1.03. The van der Waals surface area contributed by atoms with Crippen molar-refractivity contribution in [3.05, 3.63) is 76.7 Å². The van der Waals surface area contributed by atoms with Gasteiger partial charge in [-0.2, -0.15) is 10.5 Å². The maximum atomic E-state index is 11.1. The molecule has 2 aromatic heterocycles. The number of nitrogens with zero attached hydrogens (tertiary/aromatic N) is 4. The van der Waals surface area contributed by atoms with E-state index in [2.05, 4.69) is 16.0 Å². The highest BCUT2D eigenvalue weighted by molar-refractivity contribution is 7.98. The van der Waals surface area contributed by atoms with E-state index in [1.165, 1.54) is 23.9 Å². The van der Waals surface area contributed by atoms with Gasteiger partial charge >= 0.3 is 5.97 Å². The molecule has 0 unspecified atom stereocenters. The number of thioether (sulfide) groups is 1. The number of rotatable bonds is 10. The van der Waals surface area contributed by atoms with Crippen molar-refractivity contribution in [2.24, 2.45) is 0 Å². The Morgan fingerprint density at radius 3 is 2.33 bits per heavy atom. The van der Waals surface area contributed by atoms with E-state index in [4.69, 9.17) is 25.1 Å². The zero-order valence-corrected chi connectivity index (χ0v) is 22.0. The van der Waals surface area contributed by atoms with Crippen LogP contribution in [0.4, 0.5) is 5.82 Å². The quantitative estimate of drug-likeness (QED) is 0.206. The summed E-state index contributed by atoms with van der Waals surface area (Å²) in [4.78, 5) is 20.0. The summed E-state index contributed by atoms with van der Waals surface area (Å²) in [7, 11) is 0. The maximum Gasteiger partial charge on any atom is 0.335 e. The predicted molar refractivity (Wildman–Crippen MR) is 145 cm³/mol. The number of nitrogen functional groups attached to an aromatic ring is 1. The summed E-state index contributed by atoms with van der Waals surface area (Å²) in [5, 5.41) is 47.7. The lowest BCUT2D eigenvalue weighted by Crippen LogP contribution is -2.21. The standard InChI is InChI=1S/C28H23N5O6S/c1-15-23(32-26(39-15)17-2-4-18(5-3-17)28(36)37)14-40-27-22(11-30)24(21(10-29)25(31)33-27)16-6-8-20(9-7-16)38-13-19(35)12-34/h2-9,19,34-35H,12-14H2,1H3,(H2,31,33)(H,36,37)/t19-/m0/s1. The number of pyridine rings is 1. The van der Waals surface area contributed by atoms with Crippen LogP contribution in [0.5, 0.6) is 5.75 Å². The number of carboxylic acids is 1. The van der Waals surface area contributed by atoms with Gasteiger partial charge < -0.3 is 30.2 Å². The second-order valence-corrected chi connectivity index (χ2v) is 9.48. The van der Waals surface area contributed by atoms with Gasteiger partial charge in [-0.15, -0.1) is 0 Å². The van der Waals surface area contributed by atoms with Crippen molar-refractivity contribution < 1.29 is 29.3 Å². The third-order valence-corrected chi connectivity index (χ3v) is 6.82. The molecule has 0 amide bonds. The number of ether oxygens (including phenoxy) is 1. The van der Waals surface area contributed by atoms with Gasteiger partial charge in [0.05, 0.1) is 23.4 Å². The Bertz CT molecular complexity index is 1620. The van der Waals surface area contributed by atoms with Crippen molar-refractivity contribution in [1.29, 1.82) is 10.5 Å². The normalized spacial score (nSPS) is 11.4. The summed E-state index contributed by atoms with van der Waals surface area (Å²) in [5.41, 5.74) is 8.60. The highest BCUT2D eigenvalue weighted by Gasteiger charge is 2.22. The van der Waals surface area contributed by atoms with Crippen LogP contribution in [0.3, 0.4) is 0 Å². The maximum absolute atomic E-state index is 11.1. The summed E-state index contributed by atoms with van der Waals surface area (Å²) in [5.74, 6) is 0.534. The van der Waals surface area contributed by atoms with Gasteiger partial charge in [0.1, 0.15) is 52.8 Å². The first-order valence-electron chi connectivity index (χ1n) is 11.8. The average molecular weight is 558 g/mol. The summed E-state index contributed by atoms with van der Waals surface area (Å²) >= 11 is 1.21. The summed E-state index contributed by atoms with van der Waals surface area (Å²) in [6.07, 6.45) is -1.02. The number of aryl methyl sites for hydroxylation is 1. The van der Waals surface area contributed by atoms with Crippen LogP contribution < -0.4 is 10.5 Å². The second-order valence-electron chi connectivity index (χ2n) is 8.52. The number of aliphatic hydroxyl groups excluding tert-OH is 2. The molecule has 0 aliphatic heterocycles. The monoisotopic (exact) mass is 557 g/mol. The van der Waals surface area contributed by atoms with Crippen LogP contribution in [0.25, 0.3) is 22.6 Å². The lowest BCUT2D eigenvalue weighted by molar-refractivity contribution is 0.0536. The molecule has 0 aliphatic rings. The molecule has 11 nitrogen and oxygen atoms in total. The fourth-order valence-electron chi connectivity index (χ4n) is 3.73. The molecule has 40 heavy (non-hydrogen) atoms. The number of aromatic carboxylic acids is 1. The van der Waals surface area contributed by atoms with E-state index in [1.54, 1.807) is 43.3 Å². The topological polar surface area (TPSA) is 200 Å². The minimum absolute atomic E-state index is 0.0264. The fourth-order valence-corrected chi connectivity index (χ4v) is 4.73. The molecule has 0 bridgehead atoms. The third-order valence-electron chi connectivity index (χ3n) is 5.83. The van der Waals surface area contributed by atoms with Crippen molar-refractivity contribution in [2.75, 3.05) is 18.9 Å². The van der Waals surface area contributed by atoms with Gasteiger partial charge in [0.2, 0.25) is 5.89 Å². The summed E-state index contributed by atoms with van der Waals surface area (Å²) in [6, 6.07) is 16.9. The number of nitrogens with two attached hydrogens (primary N) is 1. The molecule has 5 N–H and O–H groups in total. The first kappa shape index (κ1) is 28.1. The molecule has 2 heterocycles. The second kappa shape index (κ2) is 12.3. The molecule has 0 saturated heterocycles. The first-order valence-corrected chi connectivity index (χ1v) is 12.8. The van der Waals surface area contributed by atoms with E-state index in [9.17, 15) is 20.4 Å². The van der Waals surface area contributed by atoms with Crippen LogP contribution in [0.1, 0.15) is 32.9 Å². The molecule has 202 valence electrons. The van der Waals surface area contributed by atoms with Crippen molar-refractivity contribution in [3.63, 3.8) is 0 Å². The van der Waals surface area contributed by atoms with Crippen molar-refractivity contribution in [3.8, 4) is 40.5 Å². The van der Waals surface area contributed by atoms with Crippen LogP contribution in [-0.4, -0.2) is 50.6 Å². The molecule has 0 saturated carbocycles. The predicted octanol–water partition coefficient (Wildman–Crippen LogP) is 3.76. The highest BCUT2D eigenvalue weighted by atomic mass is 32.2. The van der Waals surface area contributed by atoms with E-state index < -0.39 is 18.7 Å². The molecular formula is C28H23N5O6S. The Kier molecular flexibility index (Phi) is 8.67. The largest absolute Gasteiger partial charge is 0.491 e. The number of nitriles is 2. The first-order chi connectivity index (χ1) is 19.2. The summed E-state index contributed by atoms with van der Waals surface area (Å²) in [6.45, 7) is 1.22. The van der Waals surface area contributed by atoms with Gasteiger partial charge in [-0.25, -0.2) is 14.8 Å². The van der Waals surface area contributed by atoms with Crippen LogP contribution in [0.2, 0.25) is 0 Å². The number of carbonyl (C=O) groups is 1. The Balaban J connectivity index is 1.61. The molecule has 0 aliphatic carbocycles. The zero-order chi connectivity index (χ0) is 28.8. The Morgan fingerprint density at radius 2 is 1.73 bits per heavy atom. The van der Waals surface area contributed by atoms with Crippen molar-refractivity contribution in [2.45, 2.75) is 23.8 Å². The van der Waals surface area contributed by atoms with Gasteiger partial charge in [0, 0.05) is 16.9 Å². The minimum Gasteiger partial charge on any atom is -0.491 e. The number of aliphatic hydroxyl groups is 2. The molecule has 12 heteroatoms. The Labute approximate surface area is 233 Å². The SMILES string of the molecule is Cc1oc(-c2ccc(C(=O)O)cc2)nc1CSc1nc(N)c(C#N)c(-c2ccc(OC[C@@H](O)CO)cc2)c1C#N. The molecule has 2 aromatic carbocycles. The lowest BCUT2D eigenvalue weighted by Gasteiger charge is -2.14. The van der Waals surface area contributed by atoms with Gasteiger partial charge in [-0.1, -0.05) is 23.9 Å². The number of carboxylic acid groups (broad SMARTS) is 1. The van der Waals surface area contributed by atoms with E-state index in [0.717, 1.165) is 0 Å². The van der Waals surface area contributed by atoms with Crippen molar-refractivity contribution in [1.82, 2.24) is 9.97 Å². The number of hydrogen-bond acceptors (Lipinski definition) is 11. The molecule has 4 aromatic rings. The zero-order valence-electron chi connectivity index (χ0n) is 21.2. The Hall–Kier alpha value is -4.88. The van der Waals surface area contributed by atoms with Crippen LogP contribution in [0.15, 0.2) is 58.0 Å². The van der Waals surface area contributed by atoms with Gasteiger partial charge in [0.25, 0.3) is 0 Å². The number of aromatic nitrogens is 2. The molecule has 0 spiro atoms. The van der Waals surface area contributed by atoms with E-state index in [1.807, 2.05) is 6.07 Å². The number of benzene rings is 2. The number of hydrogen-bond donors (Lipinski definition) is 4. The third kappa shape index (κ3) is 6.06. The van der Waals surface area contributed by atoms with E-state index in [-0.39, 0.29) is 34.9 Å². The molecule has 0 fully saturated rings. The Morgan fingerprint density at radius 1 is 1.07 bits per heavy atom. The molecule has 4 rings (SSSR count). The lowest BCUT2D eigenvalue weighted by atomic mass is 9.97. The van der Waals surface area contributed by atoms with Crippen molar-refractivity contribution >= 4 is 23.5 Å². The van der Waals surface area contributed by atoms with Gasteiger partial charge in [-0.3, -0.25) is 0 Å². The molecular weight excluding hydrogens is 534 g/mol. The molecule has 0 radical (unpaired) electrons.